The standard InChI is InChI=1S/C21H28N4O3/c1-3-10-25-19(13-16(2)23-25)22-21(27)17-8-7-9-18(14-17)28-15-20(26)24-11-5-4-6-12-24/h7-9,13-14H,3-6,10-12,15H2,1-2H3,(H,22,27). The van der Waals surface area contributed by atoms with E-state index in [1.807, 2.05) is 17.9 Å². The van der Waals surface area contributed by atoms with Gasteiger partial charge in [-0.1, -0.05) is 13.0 Å². The number of hydrogen-bond donors (Lipinski definition) is 1. The lowest BCUT2D eigenvalue weighted by atomic mass is 10.1. The molecule has 1 N–H and O–H groups in total. The fraction of sp³-hybridized carbons (Fsp3) is 0.476. The van der Waals surface area contributed by atoms with Gasteiger partial charge >= 0.3 is 0 Å². The molecule has 0 spiro atoms. The molecule has 7 nitrogen and oxygen atoms in total. The van der Waals surface area contributed by atoms with Gasteiger partial charge in [0.25, 0.3) is 11.8 Å². The van der Waals surface area contributed by atoms with Crippen LogP contribution >= 0.6 is 0 Å². The molecule has 2 aromatic rings. The molecule has 0 bridgehead atoms. The largest absolute Gasteiger partial charge is 0.484 e. The number of nitrogens with one attached hydrogen (secondary N) is 1. The van der Waals surface area contributed by atoms with Crippen LogP contribution in [-0.4, -0.2) is 46.2 Å². The number of benzene rings is 1. The van der Waals surface area contributed by atoms with Crippen molar-refractivity contribution in [2.75, 3.05) is 25.0 Å². The van der Waals surface area contributed by atoms with Crippen molar-refractivity contribution >= 4 is 17.6 Å². The van der Waals surface area contributed by atoms with Crippen LogP contribution in [0.15, 0.2) is 30.3 Å². The fourth-order valence-electron chi connectivity index (χ4n) is 3.32. The number of piperidine rings is 1. The molecular weight excluding hydrogens is 356 g/mol. The fourth-order valence-corrected chi connectivity index (χ4v) is 3.32. The van der Waals surface area contributed by atoms with Crippen molar-refractivity contribution in [3.63, 3.8) is 0 Å². The Labute approximate surface area is 165 Å². The summed E-state index contributed by atoms with van der Waals surface area (Å²) >= 11 is 0. The number of likely N-dealkylation sites (tertiary alicyclic amines) is 1. The molecule has 1 aliphatic heterocycles. The Morgan fingerprint density at radius 2 is 1.96 bits per heavy atom. The molecule has 28 heavy (non-hydrogen) atoms. The number of aryl methyl sites for hydroxylation is 2. The Balaban J connectivity index is 1.60. The number of carbonyl (C=O) groups excluding carboxylic acids is 2. The number of amides is 2. The van der Waals surface area contributed by atoms with Gasteiger partial charge < -0.3 is 15.0 Å². The highest BCUT2D eigenvalue weighted by molar-refractivity contribution is 6.04. The molecule has 1 saturated heterocycles. The highest BCUT2D eigenvalue weighted by atomic mass is 16.5. The van der Waals surface area contributed by atoms with Crippen molar-refractivity contribution in [2.24, 2.45) is 0 Å². The molecule has 2 amide bonds. The number of hydrogen-bond acceptors (Lipinski definition) is 4. The third-order valence-corrected chi connectivity index (χ3v) is 4.75. The lowest BCUT2D eigenvalue weighted by Crippen LogP contribution is -2.38. The maximum Gasteiger partial charge on any atom is 0.260 e. The molecule has 1 aromatic heterocycles. The highest BCUT2D eigenvalue weighted by Gasteiger charge is 2.17. The number of anilines is 1. The number of ether oxygens (including phenoxy) is 1. The summed E-state index contributed by atoms with van der Waals surface area (Å²) in [5.41, 5.74) is 1.34. The zero-order chi connectivity index (χ0) is 19.9. The van der Waals surface area contributed by atoms with Gasteiger partial charge in [0, 0.05) is 31.3 Å². The van der Waals surface area contributed by atoms with E-state index in [4.69, 9.17) is 4.74 Å². The van der Waals surface area contributed by atoms with E-state index >= 15 is 0 Å². The summed E-state index contributed by atoms with van der Waals surface area (Å²) in [5.74, 6) is 0.950. The molecule has 1 aliphatic rings. The van der Waals surface area contributed by atoms with Gasteiger partial charge in [-0.2, -0.15) is 5.10 Å². The SMILES string of the molecule is CCCn1nc(C)cc1NC(=O)c1cccc(OCC(=O)N2CCCCC2)c1. The molecule has 7 heteroatoms. The summed E-state index contributed by atoms with van der Waals surface area (Å²) in [6.45, 7) is 6.30. The van der Waals surface area contributed by atoms with Gasteiger partial charge in [-0.3, -0.25) is 9.59 Å². The van der Waals surface area contributed by atoms with Gasteiger partial charge in [0.2, 0.25) is 0 Å². The molecule has 1 aromatic carbocycles. The summed E-state index contributed by atoms with van der Waals surface area (Å²) in [6.07, 6.45) is 4.21. The van der Waals surface area contributed by atoms with Crippen LogP contribution in [0.3, 0.4) is 0 Å². The zero-order valence-electron chi connectivity index (χ0n) is 16.6. The number of carbonyl (C=O) groups is 2. The van der Waals surface area contributed by atoms with Crippen molar-refractivity contribution in [3.8, 4) is 5.75 Å². The smallest absolute Gasteiger partial charge is 0.260 e. The first kappa shape index (κ1) is 19.9. The Bertz CT molecular complexity index is 825. The van der Waals surface area contributed by atoms with Crippen molar-refractivity contribution in [2.45, 2.75) is 46.1 Å². The molecule has 0 aliphatic carbocycles. The van der Waals surface area contributed by atoms with Gasteiger partial charge in [-0.15, -0.1) is 0 Å². The quantitative estimate of drug-likeness (QED) is 0.795. The molecule has 2 heterocycles. The summed E-state index contributed by atoms with van der Waals surface area (Å²) in [5, 5.41) is 7.30. The lowest BCUT2D eigenvalue weighted by molar-refractivity contribution is -0.134. The van der Waals surface area contributed by atoms with Gasteiger partial charge in [0.15, 0.2) is 6.61 Å². The Morgan fingerprint density at radius 3 is 2.71 bits per heavy atom. The van der Waals surface area contributed by atoms with Gasteiger partial charge in [-0.25, -0.2) is 4.68 Å². The second-order valence-electron chi connectivity index (χ2n) is 7.11. The highest BCUT2D eigenvalue weighted by Crippen LogP contribution is 2.17. The molecule has 1 fully saturated rings. The van der Waals surface area contributed by atoms with Crippen LogP contribution in [0, 0.1) is 6.92 Å². The van der Waals surface area contributed by atoms with E-state index in [0.29, 0.717) is 17.1 Å². The van der Waals surface area contributed by atoms with Crippen LogP contribution in [0.5, 0.6) is 5.75 Å². The molecule has 0 atom stereocenters. The first-order valence-corrected chi connectivity index (χ1v) is 9.93. The Kier molecular flexibility index (Phi) is 6.68. The maximum atomic E-state index is 12.6. The molecule has 0 saturated carbocycles. The van der Waals surface area contributed by atoms with Crippen molar-refractivity contribution in [3.05, 3.63) is 41.6 Å². The first-order valence-electron chi connectivity index (χ1n) is 9.93. The molecule has 0 unspecified atom stereocenters. The van der Waals surface area contributed by atoms with E-state index in [1.165, 1.54) is 6.42 Å². The summed E-state index contributed by atoms with van der Waals surface area (Å²) < 4.78 is 7.44. The Hall–Kier alpha value is -2.83. The van der Waals surface area contributed by atoms with Crippen LogP contribution in [0.2, 0.25) is 0 Å². The van der Waals surface area contributed by atoms with E-state index in [0.717, 1.165) is 44.6 Å². The average Bonchev–Trinajstić information content (AvgIpc) is 3.06. The maximum absolute atomic E-state index is 12.6. The molecular formula is C21H28N4O3. The Morgan fingerprint density at radius 1 is 1.18 bits per heavy atom. The van der Waals surface area contributed by atoms with Gasteiger partial charge in [0.05, 0.1) is 5.69 Å². The normalized spacial score (nSPS) is 14.0. The third-order valence-electron chi connectivity index (χ3n) is 4.75. The molecule has 150 valence electrons. The van der Waals surface area contributed by atoms with Crippen molar-refractivity contribution in [1.82, 2.24) is 14.7 Å². The molecule has 0 radical (unpaired) electrons. The zero-order valence-corrected chi connectivity index (χ0v) is 16.6. The average molecular weight is 384 g/mol. The van der Waals surface area contributed by atoms with E-state index in [-0.39, 0.29) is 18.4 Å². The second kappa shape index (κ2) is 9.39. The number of aromatic nitrogens is 2. The number of rotatable bonds is 7. The predicted molar refractivity (Wildman–Crippen MR) is 108 cm³/mol. The van der Waals surface area contributed by atoms with Crippen LogP contribution in [0.25, 0.3) is 0 Å². The second-order valence-corrected chi connectivity index (χ2v) is 7.11. The van der Waals surface area contributed by atoms with E-state index < -0.39 is 0 Å². The minimum absolute atomic E-state index is 0.00602. The lowest BCUT2D eigenvalue weighted by Gasteiger charge is -2.26. The topological polar surface area (TPSA) is 76.5 Å². The first-order chi connectivity index (χ1) is 13.6. The summed E-state index contributed by atoms with van der Waals surface area (Å²) in [4.78, 5) is 26.7. The summed E-state index contributed by atoms with van der Waals surface area (Å²) in [6, 6.07) is 8.75. The number of nitrogens with zero attached hydrogens (tertiary/aromatic N) is 3. The van der Waals surface area contributed by atoms with Gasteiger partial charge in [0.1, 0.15) is 11.6 Å². The monoisotopic (exact) mass is 384 g/mol. The van der Waals surface area contributed by atoms with E-state index in [2.05, 4.69) is 17.3 Å². The van der Waals surface area contributed by atoms with Crippen LogP contribution in [-0.2, 0) is 11.3 Å². The van der Waals surface area contributed by atoms with Crippen molar-refractivity contribution < 1.29 is 14.3 Å². The minimum Gasteiger partial charge on any atom is -0.484 e. The van der Waals surface area contributed by atoms with E-state index in [9.17, 15) is 9.59 Å². The summed E-state index contributed by atoms with van der Waals surface area (Å²) in [7, 11) is 0. The predicted octanol–water partition coefficient (Wildman–Crippen LogP) is 3.25. The third kappa shape index (κ3) is 5.12. The van der Waals surface area contributed by atoms with Gasteiger partial charge in [-0.05, 0) is 50.8 Å². The van der Waals surface area contributed by atoms with Crippen LogP contribution in [0.4, 0.5) is 5.82 Å². The molecule has 3 rings (SSSR count). The van der Waals surface area contributed by atoms with Crippen molar-refractivity contribution in [1.29, 1.82) is 0 Å². The minimum atomic E-state index is -0.231. The van der Waals surface area contributed by atoms with Crippen LogP contribution in [0.1, 0.15) is 48.7 Å². The van der Waals surface area contributed by atoms with E-state index in [1.54, 1.807) is 28.9 Å². The van der Waals surface area contributed by atoms with Crippen LogP contribution < -0.4 is 10.1 Å².